The summed E-state index contributed by atoms with van der Waals surface area (Å²) < 4.78 is 42.6. The van der Waals surface area contributed by atoms with Crippen molar-refractivity contribution in [1.29, 1.82) is 0 Å². The van der Waals surface area contributed by atoms with Crippen molar-refractivity contribution < 1.29 is 27.8 Å². The van der Waals surface area contributed by atoms with E-state index in [4.69, 9.17) is 25.8 Å². The molecular weight excluding hydrogens is 412 g/mol. The maximum atomic E-state index is 12.5. The first kappa shape index (κ1) is 22.8. The van der Waals surface area contributed by atoms with Crippen LogP contribution in [-0.4, -0.2) is 61.3 Å². The molecule has 0 saturated carbocycles. The topological polar surface area (TPSA) is 49.7 Å². The van der Waals surface area contributed by atoms with Crippen LogP contribution in [0.5, 0.6) is 5.75 Å². The normalized spacial score (nSPS) is 12.6. The number of rotatable bonds is 10. The van der Waals surface area contributed by atoms with Gasteiger partial charge >= 0.3 is 5.97 Å². The summed E-state index contributed by atoms with van der Waals surface area (Å²) in [6.45, 7) is 1.87. The summed E-state index contributed by atoms with van der Waals surface area (Å²) in [7, 11) is -0.705. The third-order valence-electron chi connectivity index (χ3n) is 3.86. The second-order valence-electron chi connectivity index (χ2n) is 7.05. The monoisotopic (exact) mass is 437 g/mol. The Balaban J connectivity index is 2.35. The van der Waals surface area contributed by atoms with E-state index in [-0.39, 0.29) is 24.1 Å². The SMILES string of the molecule is CCOC(=O)c1cc2cc(Cl)c(OCC(F)F)cc2n1COCCS(C)(C)C. The quantitative estimate of drug-likeness (QED) is 0.396. The van der Waals surface area contributed by atoms with Gasteiger partial charge in [0, 0.05) is 17.2 Å². The number of alkyl halides is 2. The Kier molecular flexibility index (Phi) is 7.97. The van der Waals surface area contributed by atoms with Crippen LogP contribution in [0.2, 0.25) is 5.02 Å². The molecule has 2 aromatic rings. The molecule has 0 unspecified atom stereocenters. The predicted molar refractivity (Wildman–Crippen MR) is 111 cm³/mol. The molecule has 2 rings (SSSR count). The Morgan fingerprint density at radius 1 is 1.25 bits per heavy atom. The Bertz CT molecular complexity index is 820. The highest BCUT2D eigenvalue weighted by atomic mass is 35.5. The summed E-state index contributed by atoms with van der Waals surface area (Å²) in [5.41, 5.74) is 0.904. The van der Waals surface area contributed by atoms with Crippen LogP contribution in [0.15, 0.2) is 18.2 Å². The molecule has 0 atom stereocenters. The molecule has 0 bridgehead atoms. The Hall–Kier alpha value is -1.51. The molecule has 0 radical (unpaired) electrons. The number of hydrogen-bond acceptors (Lipinski definition) is 4. The van der Waals surface area contributed by atoms with Crippen molar-refractivity contribution in [3.63, 3.8) is 0 Å². The molecule has 0 saturated heterocycles. The van der Waals surface area contributed by atoms with Crippen molar-refractivity contribution in [3.05, 3.63) is 28.9 Å². The number of carbonyl (C=O) groups is 1. The maximum absolute atomic E-state index is 12.5. The smallest absolute Gasteiger partial charge is 0.355 e. The average Bonchev–Trinajstić information content (AvgIpc) is 2.93. The van der Waals surface area contributed by atoms with Crippen molar-refractivity contribution in [2.24, 2.45) is 0 Å². The summed E-state index contributed by atoms with van der Waals surface area (Å²) in [4.78, 5) is 12.4. The van der Waals surface area contributed by atoms with Crippen molar-refractivity contribution >= 4 is 38.5 Å². The van der Waals surface area contributed by atoms with Gasteiger partial charge in [-0.25, -0.2) is 23.6 Å². The minimum absolute atomic E-state index is 0.128. The summed E-state index contributed by atoms with van der Waals surface area (Å²) in [6.07, 6.45) is 3.97. The van der Waals surface area contributed by atoms with Gasteiger partial charge in [-0.05, 0) is 37.8 Å². The van der Waals surface area contributed by atoms with E-state index in [2.05, 4.69) is 18.8 Å². The van der Waals surface area contributed by atoms with E-state index >= 15 is 0 Å². The van der Waals surface area contributed by atoms with Crippen LogP contribution in [-0.2, 0) is 16.2 Å². The van der Waals surface area contributed by atoms with Gasteiger partial charge in [-0.15, -0.1) is 0 Å². The first-order valence-electron chi connectivity index (χ1n) is 8.77. The zero-order valence-corrected chi connectivity index (χ0v) is 18.0. The van der Waals surface area contributed by atoms with E-state index in [1.54, 1.807) is 29.7 Å². The zero-order chi connectivity index (χ0) is 20.9. The van der Waals surface area contributed by atoms with Gasteiger partial charge in [0.15, 0.2) is 0 Å². The Labute approximate surface area is 170 Å². The van der Waals surface area contributed by atoms with Crippen LogP contribution >= 0.6 is 21.6 Å². The zero-order valence-electron chi connectivity index (χ0n) is 16.5. The molecule has 0 amide bonds. The van der Waals surface area contributed by atoms with Gasteiger partial charge in [0.25, 0.3) is 6.43 Å². The second-order valence-corrected chi connectivity index (χ2v) is 12.1. The molecule has 1 aromatic heterocycles. The molecule has 9 heteroatoms. The molecule has 158 valence electrons. The van der Waals surface area contributed by atoms with E-state index in [0.717, 1.165) is 5.75 Å². The highest BCUT2D eigenvalue weighted by Crippen LogP contribution is 2.34. The number of nitrogens with zero attached hydrogens (tertiary/aromatic N) is 1. The van der Waals surface area contributed by atoms with E-state index in [9.17, 15) is 13.6 Å². The minimum Gasteiger partial charge on any atom is -0.486 e. The van der Waals surface area contributed by atoms with Crippen molar-refractivity contribution in [3.8, 4) is 5.75 Å². The fraction of sp³-hybridized carbons (Fsp3) is 0.526. The molecule has 0 aliphatic carbocycles. The Morgan fingerprint density at radius 3 is 2.57 bits per heavy atom. The van der Waals surface area contributed by atoms with Gasteiger partial charge in [-0.3, -0.25) is 0 Å². The highest BCUT2D eigenvalue weighted by Gasteiger charge is 2.19. The molecule has 0 N–H and O–H groups in total. The lowest BCUT2D eigenvalue weighted by molar-refractivity contribution is 0.0479. The predicted octanol–water partition coefficient (Wildman–Crippen LogP) is 4.78. The summed E-state index contributed by atoms with van der Waals surface area (Å²) in [5, 5.41) is 0.862. The number of hydrogen-bond donors (Lipinski definition) is 0. The number of ether oxygens (including phenoxy) is 3. The van der Waals surface area contributed by atoms with Gasteiger partial charge in [0.2, 0.25) is 0 Å². The molecular formula is C19H26ClF2NO4S. The van der Waals surface area contributed by atoms with Crippen molar-refractivity contribution in [2.45, 2.75) is 20.1 Å². The van der Waals surface area contributed by atoms with Crippen LogP contribution in [0.1, 0.15) is 17.4 Å². The van der Waals surface area contributed by atoms with Crippen molar-refractivity contribution in [2.75, 3.05) is 44.3 Å². The van der Waals surface area contributed by atoms with Crippen LogP contribution in [0.4, 0.5) is 8.78 Å². The van der Waals surface area contributed by atoms with Crippen LogP contribution < -0.4 is 4.74 Å². The molecule has 1 heterocycles. The first-order valence-corrected chi connectivity index (χ1v) is 12.2. The largest absolute Gasteiger partial charge is 0.486 e. The number of esters is 1. The van der Waals surface area contributed by atoms with E-state index in [0.29, 0.717) is 23.2 Å². The standard InChI is InChI=1S/C19H26ClF2NO4S/c1-5-26-19(24)16-9-13-8-14(20)17(27-11-18(21)22)10-15(13)23(16)12-25-6-7-28(2,3)4/h8-10,18H,5-7,11-12H2,1-4H3. The summed E-state index contributed by atoms with van der Waals surface area (Å²) in [5.74, 6) is 0.563. The molecule has 5 nitrogen and oxygen atoms in total. The lowest BCUT2D eigenvalue weighted by atomic mass is 10.2. The van der Waals surface area contributed by atoms with E-state index < -0.39 is 29.0 Å². The fourth-order valence-corrected chi connectivity index (χ4v) is 3.35. The summed E-state index contributed by atoms with van der Waals surface area (Å²) >= 11 is 6.14. The molecule has 1 aromatic carbocycles. The molecule has 0 aliphatic heterocycles. The Morgan fingerprint density at radius 2 is 1.96 bits per heavy atom. The van der Waals surface area contributed by atoms with Gasteiger partial charge in [0.05, 0.1) is 23.8 Å². The summed E-state index contributed by atoms with van der Waals surface area (Å²) in [6, 6.07) is 4.77. The third-order valence-corrected chi connectivity index (χ3v) is 5.55. The minimum atomic E-state index is -2.61. The van der Waals surface area contributed by atoms with E-state index in [1.165, 1.54) is 0 Å². The molecule has 28 heavy (non-hydrogen) atoms. The van der Waals surface area contributed by atoms with Crippen LogP contribution in [0.3, 0.4) is 0 Å². The third kappa shape index (κ3) is 6.25. The number of aromatic nitrogens is 1. The molecule has 0 spiro atoms. The number of benzene rings is 1. The van der Waals surface area contributed by atoms with Gasteiger partial charge in [-0.2, -0.15) is 0 Å². The average molecular weight is 438 g/mol. The highest BCUT2D eigenvalue weighted by molar-refractivity contribution is 8.32. The molecule has 0 aliphatic rings. The van der Waals surface area contributed by atoms with Gasteiger partial charge in [0.1, 0.15) is 24.8 Å². The lowest BCUT2D eigenvalue weighted by Crippen LogP contribution is -2.15. The van der Waals surface area contributed by atoms with Crippen LogP contribution in [0.25, 0.3) is 10.9 Å². The maximum Gasteiger partial charge on any atom is 0.355 e. The van der Waals surface area contributed by atoms with E-state index in [1.807, 2.05) is 0 Å². The fourth-order valence-electron chi connectivity index (χ4n) is 2.50. The van der Waals surface area contributed by atoms with Crippen LogP contribution in [0, 0.1) is 0 Å². The first-order chi connectivity index (χ1) is 13.1. The number of halogens is 3. The second kappa shape index (κ2) is 9.80. The van der Waals surface area contributed by atoms with Gasteiger partial charge in [-0.1, -0.05) is 11.6 Å². The lowest BCUT2D eigenvalue weighted by Gasteiger charge is -2.24. The number of fused-ring (bicyclic) bond motifs is 1. The van der Waals surface area contributed by atoms with Crippen molar-refractivity contribution in [1.82, 2.24) is 4.57 Å². The number of carbonyl (C=O) groups excluding carboxylic acids is 1. The van der Waals surface area contributed by atoms with Gasteiger partial charge < -0.3 is 18.8 Å². The molecule has 0 fully saturated rings.